The van der Waals surface area contributed by atoms with Crippen LogP contribution in [0.25, 0.3) is 0 Å². The molecule has 1 aliphatic heterocycles. The minimum Gasteiger partial charge on any atom is -0.369 e. The molecule has 1 fully saturated rings. The van der Waals surface area contributed by atoms with Crippen molar-refractivity contribution in [3.8, 4) is 0 Å². The molecule has 2 rings (SSSR count). The Hall–Kier alpha value is -1.41. The quantitative estimate of drug-likeness (QED) is 0.814. The van der Waals surface area contributed by atoms with E-state index in [4.69, 9.17) is 5.73 Å². The van der Waals surface area contributed by atoms with Crippen LogP contribution in [-0.2, 0) is 14.8 Å². The van der Waals surface area contributed by atoms with Gasteiger partial charge in [-0.1, -0.05) is 0 Å². The maximum absolute atomic E-state index is 12.5. The average molecular weight is 286 g/mol. The summed E-state index contributed by atoms with van der Waals surface area (Å²) in [5, 5.41) is 0.0574. The molecular weight excluding hydrogens is 268 g/mol. The summed E-state index contributed by atoms with van der Waals surface area (Å²) in [6, 6.07) is -0.149. The highest BCUT2D eigenvalue weighted by Crippen LogP contribution is 2.27. The number of rotatable bonds is 3. The van der Waals surface area contributed by atoms with Gasteiger partial charge in [0.2, 0.25) is 5.91 Å². The van der Waals surface area contributed by atoms with E-state index in [1.54, 1.807) is 6.92 Å². The first-order valence-corrected chi connectivity index (χ1v) is 7.59. The summed E-state index contributed by atoms with van der Waals surface area (Å²) >= 11 is 0. The lowest BCUT2D eigenvalue weighted by Gasteiger charge is -2.35. The van der Waals surface area contributed by atoms with Gasteiger partial charge in [-0.2, -0.15) is 4.31 Å². The third kappa shape index (κ3) is 2.64. The molecule has 1 saturated heterocycles. The Morgan fingerprint density at radius 2 is 2.21 bits per heavy atom. The van der Waals surface area contributed by atoms with E-state index >= 15 is 0 Å². The Balaban J connectivity index is 2.30. The van der Waals surface area contributed by atoms with Crippen LogP contribution < -0.4 is 5.73 Å². The average Bonchev–Trinajstić information content (AvgIpc) is 2.76. The lowest BCUT2D eigenvalue weighted by atomic mass is 9.95. The molecule has 2 atom stereocenters. The van der Waals surface area contributed by atoms with Crippen LogP contribution in [0, 0.1) is 12.8 Å². The molecule has 0 aliphatic carbocycles. The number of H-pyrrole nitrogens is 1. The second-order valence-corrected chi connectivity index (χ2v) is 6.79. The zero-order valence-corrected chi connectivity index (χ0v) is 11.8. The molecule has 0 spiro atoms. The van der Waals surface area contributed by atoms with Gasteiger partial charge >= 0.3 is 0 Å². The van der Waals surface area contributed by atoms with Crippen molar-refractivity contribution in [3.63, 3.8) is 0 Å². The third-order valence-corrected chi connectivity index (χ3v) is 5.38. The van der Waals surface area contributed by atoms with Crippen molar-refractivity contribution in [3.05, 3.63) is 12.0 Å². The number of piperidine rings is 1. The molecule has 0 saturated carbocycles. The summed E-state index contributed by atoms with van der Waals surface area (Å²) in [5.74, 6) is -0.336. The van der Waals surface area contributed by atoms with Crippen LogP contribution in [0.5, 0.6) is 0 Å². The summed E-state index contributed by atoms with van der Waals surface area (Å²) in [6.45, 7) is 3.65. The number of aromatic nitrogens is 2. The van der Waals surface area contributed by atoms with Crippen LogP contribution in [0.15, 0.2) is 11.2 Å². The van der Waals surface area contributed by atoms with Gasteiger partial charge in [0.25, 0.3) is 10.0 Å². The van der Waals surface area contributed by atoms with Crippen LogP contribution in [0.1, 0.15) is 25.6 Å². The predicted octanol–water partition coefficient (Wildman–Crippen LogP) is -0.00738. The first-order chi connectivity index (χ1) is 8.82. The van der Waals surface area contributed by atoms with Crippen molar-refractivity contribution in [2.45, 2.75) is 37.8 Å². The first-order valence-electron chi connectivity index (χ1n) is 6.15. The van der Waals surface area contributed by atoms with E-state index in [1.807, 2.05) is 6.92 Å². The number of aromatic amines is 1. The molecule has 7 nitrogen and oxygen atoms in total. The van der Waals surface area contributed by atoms with Crippen molar-refractivity contribution >= 4 is 15.9 Å². The Kier molecular flexibility index (Phi) is 3.64. The number of carbonyl (C=O) groups is 1. The number of nitrogens with one attached hydrogen (secondary N) is 1. The monoisotopic (exact) mass is 286 g/mol. The van der Waals surface area contributed by atoms with E-state index in [0.29, 0.717) is 18.7 Å². The van der Waals surface area contributed by atoms with Gasteiger partial charge in [-0.25, -0.2) is 13.4 Å². The van der Waals surface area contributed by atoms with Crippen LogP contribution in [-0.4, -0.2) is 41.2 Å². The minimum absolute atomic E-state index is 0.0574. The molecule has 8 heteroatoms. The maximum Gasteiger partial charge on any atom is 0.260 e. The van der Waals surface area contributed by atoms with Gasteiger partial charge in [0.1, 0.15) is 5.82 Å². The molecule has 0 bridgehead atoms. The van der Waals surface area contributed by atoms with Crippen LogP contribution >= 0.6 is 0 Å². The van der Waals surface area contributed by atoms with Crippen LogP contribution in [0.4, 0.5) is 0 Å². The maximum atomic E-state index is 12.5. The second kappa shape index (κ2) is 4.93. The molecule has 106 valence electrons. The number of nitrogens with two attached hydrogens (primary N) is 1. The smallest absolute Gasteiger partial charge is 0.260 e. The molecule has 1 amide bonds. The first kappa shape index (κ1) is 14.0. The fourth-order valence-corrected chi connectivity index (χ4v) is 3.97. The van der Waals surface area contributed by atoms with Crippen molar-refractivity contribution in [1.29, 1.82) is 0 Å². The van der Waals surface area contributed by atoms with Crippen molar-refractivity contribution in [2.75, 3.05) is 6.54 Å². The molecule has 0 radical (unpaired) electrons. The number of hydrogen-bond donors (Lipinski definition) is 2. The standard InChI is InChI=1S/C11H18N4O3S/c1-7-3-4-9(11(12)16)6-15(7)19(17,18)10-5-13-8(2)14-10/h5,7,9H,3-4,6H2,1-2H3,(H2,12,16)(H,13,14). The second-order valence-electron chi connectivity index (χ2n) is 4.93. The summed E-state index contributed by atoms with van der Waals surface area (Å²) in [4.78, 5) is 17.9. The van der Waals surface area contributed by atoms with Crippen LogP contribution in [0.3, 0.4) is 0 Å². The number of hydrogen-bond acceptors (Lipinski definition) is 4. The molecule has 1 aromatic heterocycles. The molecule has 2 heterocycles. The van der Waals surface area contributed by atoms with Crippen molar-refractivity contribution in [1.82, 2.24) is 14.3 Å². The van der Waals surface area contributed by atoms with Gasteiger partial charge in [-0.3, -0.25) is 4.79 Å². The molecule has 0 aromatic carbocycles. The highest BCUT2D eigenvalue weighted by Gasteiger charge is 2.37. The van der Waals surface area contributed by atoms with E-state index in [0.717, 1.165) is 0 Å². The van der Waals surface area contributed by atoms with E-state index in [1.165, 1.54) is 10.5 Å². The number of sulfonamides is 1. The summed E-state index contributed by atoms with van der Waals surface area (Å²) in [5.41, 5.74) is 5.28. The molecule has 1 aliphatic rings. The van der Waals surface area contributed by atoms with E-state index < -0.39 is 21.8 Å². The fraction of sp³-hybridized carbons (Fsp3) is 0.636. The number of nitrogens with zero attached hydrogens (tertiary/aromatic N) is 2. The van der Waals surface area contributed by atoms with Gasteiger partial charge < -0.3 is 10.7 Å². The summed E-state index contributed by atoms with van der Waals surface area (Å²) < 4.78 is 26.3. The number of imidazole rings is 1. The highest BCUT2D eigenvalue weighted by molar-refractivity contribution is 7.89. The lowest BCUT2D eigenvalue weighted by Crippen LogP contribution is -2.48. The molecule has 2 unspecified atom stereocenters. The Morgan fingerprint density at radius 1 is 1.53 bits per heavy atom. The Bertz CT molecular complexity index is 581. The molecular formula is C11H18N4O3S. The third-order valence-electron chi connectivity index (χ3n) is 3.49. The van der Waals surface area contributed by atoms with Gasteiger partial charge in [0, 0.05) is 12.6 Å². The van der Waals surface area contributed by atoms with Gasteiger partial charge in [-0.15, -0.1) is 0 Å². The van der Waals surface area contributed by atoms with E-state index in [-0.39, 0.29) is 17.6 Å². The topological polar surface area (TPSA) is 109 Å². The predicted molar refractivity (Wildman–Crippen MR) is 68.6 cm³/mol. The van der Waals surface area contributed by atoms with Gasteiger partial charge in [0.05, 0.1) is 12.1 Å². The Labute approximate surface area is 112 Å². The van der Waals surface area contributed by atoms with Gasteiger partial charge in [0.15, 0.2) is 5.03 Å². The number of amides is 1. The highest BCUT2D eigenvalue weighted by atomic mass is 32.2. The van der Waals surface area contributed by atoms with Crippen LogP contribution in [0.2, 0.25) is 0 Å². The largest absolute Gasteiger partial charge is 0.369 e. The SMILES string of the molecule is Cc1ncc(S(=O)(=O)N2CC(C(N)=O)CCC2C)[nH]1. The normalized spacial score (nSPS) is 25.4. The van der Waals surface area contributed by atoms with Gasteiger partial charge in [-0.05, 0) is 26.7 Å². The Morgan fingerprint density at radius 3 is 2.74 bits per heavy atom. The number of carbonyl (C=O) groups excluding carboxylic acids is 1. The number of primary amides is 1. The molecule has 3 N–H and O–H groups in total. The van der Waals surface area contributed by atoms with Crippen molar-refractivity contribution < 1.29 is 13.2 Å². The fourth-order valence-electron chi connectivity index (χ4n) is 2.30. The number of aryl methyl sites for hydroxylation is 1. The van der Waals surface area contributed by atoms with Crippen molar-refractivity contribution in [2.24, 2.45) is 11.7 Å². The minimum atomic E-state index is -3.65. The summed E-state index contributed by atoms with van der Waals surface area (Å²) in [7, 11) is -3.65. The molecule has 19 heavy (non-hydrogen) atoms. The van der Waals surface area contributed by atoms with E-state index in [2.05, 4.69) is 9.97 Å². The lowest BCUT2D eigenvalue weighted by molar-refractivity contribution is -0.123. The zero-order valence-electron chi connectivity index (χ0n) is 11.0. The van der Waals surface area contributed by atoms with E-state index in [9.17, 15) is 13.2 Å². The zero-order chi connectivity index (χ0) is 14.2. The summed E-state index contributed by atoms with van der Waals surface area (Å²) in [6.07, 6.45) is 2.55. The molecule has 1 aromatic rings.